The summed E-state index contributed by atoms with van der Waals surface area (Å²) in [6.45, 7) is 5.70. The number of nitrogens with two attached hydrogens (primary N) is 1. The first-order valence-electron chi connectivity index (χ1n) is 9.62. The zero-order valence-electron chi connectivity index (χ0n) is 15.7. The maximum Gasteiger partial charge on any atom is 0.0579 e. The molecule has 23 heavy (non-hydrogen) atoms. The predicted molar refractivity (Wildman–Crippen MR) is 103 cm³/mol. The van der Waals surface area contributed by atoms with Crippen LogP contribution in [0.1, 0.15) is 97.8 Å². The van der Waals surface area contributed by atoms with Crippen molar-refractivity contribution in [3.05, 3.63) is 0 Å². The van der Waals surface area contributed by atoms with Gasteiger partial charge in [0, 0.05) is 12.0 Å². The normalized spacial score (nSPS) is 16.4. The summed E-state index contributed by atoms with van der Waals surface area (Å²) in [5.74, 6) is -0.205. The Hall–Kier alpha value is 0.170. The monoisotopic (exact) mass is 351 g/mol. The van der Waals surface area contributed by atoms with E-state index in [0.717, 1.165) is 12.8 Å². The van der Waals surface area contributed by atoms with Crippen LogP contribution in [0, 0.1) is 5.92 Å². The highest BCUT2D eigenvalue weighted by atomic mass is 35.5. The summed E-state index contributed by atoms with van der Waals surface area (Å²) in [5, 5.41) is 19.4. The number of hydrogen-bond donors (Lipinski definition) is 3. The molecule has 0 aromatic carbocycles. The number of aliphatic hydroxyl groups excluding tert-OH is 2. The number of halogens is 1. The molecule has 0 rings (SSSR count). The first kappa shape index (κ1) is 25.4. The molecule has 142 valence electrons. The number of aliphatic hydroxyl groups is 2. The quantitative estimate of drug-likeness (QED) is 0.371. The highest BCUT2D eigenvalue weighted by molar-refractivity contribution is 5.85. The van der Waals surface area contributed by atoms with E-state index in [-0.39, 0.29) is 24.4 Å². The lowest BCUT2D eigenvalue weighted by atomic mass is 9.87. The molecule has 0 aliphatic heterocycles. The van der Waals surface area contributed by atoms with Crippen molar-refractivity contribution in [1.82, 2.24) is 0 Å². The van der Waals surface area contributed by atoms with E-state index in [0.29, 0.717) is 0 Å². The minimum absolute atomic E-state index is 0. The molecule has 0 aliphatic carbocycles. The van der Waals surface area contributed by atoms with Gasteiger partial charge in [-0.15, -0.1) is 12.4 Å². The van der Waals surface area contributed by atoms with Crippen molar-refractivity contribution < 1.29 is 10.2 Å². The van der Waals surface area contributed by atoms with Crippen LogP contribution in [0.3, 0.4) is 0 Å². The zero-order valence-corrected chi connectivity index (χ0v) is 16.5. The fourth-order valence-corrected chi connectivity index (χ4v) is 3.36. The van der Waals surface area contributed by atoms with Crippen LogP contribution < -0.4 is 5.73 Å². The number of unbranched alkanes of at least 4 members (excludes halogenated alkanes) is 10. The Bertz CT molecular complexity index is 229. The summed E-state index contributed by atoms with van der Waals surface area (Å²) in [5.41, 5.74) is 6.12. The zero-order chi connectivity index (χ0) is 16.8. The first-order chi connectivity index (χ1) is 10.5. The van der Waals surface area contributed by atoms with Gasteiger partial charge in [0.1, 0.15) is 0 Å². The highest BCUT2D eigenvalue weighted by Gasteiger charge is 2.26. The smallest absolute Gasteiger partial charge is 0.0579 e. The van der Waals surface area contributed by atoms with Crippen LogP contribution in [-0.4, -0.2) is 28.5 Å². The van der Waals surface area contributed by atoms with Gasteiger partial charge in [-0.25, -0.2) is 0 Å². The molecule has 4 heteroatoms. The molecule has 3 unspecified atom stereocenters. The molecule has 4 N–H and O–H groups in total. The third kappa shape index (κ3) is 14.2. The van der Waals surface area contributed by atoms with Crippen LogP contribution in [0.4, 0.5) is 0 Å². The summed E-state index contributed by atoms with van der Waals surface area (Å²) in [6.07, 6.45) is 14.4. The molecule has 0 saturated carbocycles. The molecule has 0 aliphatic rings. The fraction of sp³-hybridized carbons (Fsp3) is 1.00. The Morgan fingerprint density at radius 1 is 0.696 bits per heavy atom. The van der Waals surface area contributed by atoms with Crippen LogP contribution in [0.25, 0.3) is 0 Å². The van der Waals surface area contributed by atoms with Crippen LogP contribution >= 0.6 is 12.4 Å². The molecular weight excluding hydrogens is 310 g/mol. The first-order valence-corrected chi connectivity index (χ1v) is 9.62. The van der Waals surface area contributed by atoms with Crippen LogP contribution in [0.2, 0.25) is 0 Å². The maximum absolute atomic E-state index is 9.69. The molecule has 3 atom stereocenters. The SMILES string of the molecule is CCCCCCCCCCCCCC(N)C(C(C)O)C(C)O.Cl. The van der Waals surface area contributed by atoms with Gasteiger partial charge in [-0.05, 0) is 20.3 Å². The van der Waals surface area contributed by atoms with Gasteiger partial charge in [0.05, 0.1) is 12.2 Å². The van der Waals surface area contributed by atoms with E-state index >= 15 is 0 Å². The van der Waals surface area contributed by atoms with Gasteiger partial charge >= 0.3 is 0 Å². The molecule has 0 saturated heterocycles. The summed E-state index contributed by atoms with van der Waals surface area (Å²) in [7, 11) is 0. The topological polar surface area (TPSA) is 66.5 Å². The van der Waals surface area contributed by atoms with Gasteiger partial charge in [-0.3, -0.25) is 0 Å². The molecule has 3 nitrogen and oxygen atoms in total. The maximum atomic E-state index is 9.69. The van der Waals surface area contributed by atoms with Gasteiger partial charge in [0.15, 0.2) is 0 Å². The van der Waals surface area contributed by atoms with E-state index in [4.69, 9.17) is 5.73 Å². The van der Waals surface area contributed by atoms with Crippen molar-refractivity contribution >= 4 is 12.4 Å². The van der Waals surface area contributed by atoms with Crippen LogP contribution in [-0.2, 0) is 0 Å². The van der Waals surface area contributed by atoms with Crippen molar-refractivity contribution in [2.24, 2.45) is 11.7 Å². The van der Waals surface area contributed by atoms with E-state index in [1.54, 1.807) is 13.8 Å². The Morgan fingerprint density at radius 2 is 1.04 bits per heavy atom. The molecule has 0 spiro atoms. The summed E-state index contributed by atoms with van der Waals surface area (Å²) in [4.78, 5) is 0. The molecule has 0 fully saturated rings. The van der Waals surface area contributed by atoms with E-state index in [1.807, 2.05) is 0 Å². The minimum Gasteiger partial charge on any atom is -0.393 e. The average molecular weight is 352 g/mol. The van der Waals surface area contributed by atoms with Gasteiger partial charge in [0.25, 0.3) is 0 Å². The minimum atomic E-state index is -0.539. The Kier molecular flexibility index (Phi) is 18.8. The van der Waals surface area contributed by atoms with E-state index < -0.39 is 12.2 Å². The summed E-state index contributed by atoms with van der Waals surface area (Å²) in [6, 6.07) is -0.0986. The Labute approximate surface area is 150 Å². The predicted octanol–water partition coefficient (Wildman–Crippen LogP) is 4.81. The van der Waals surface area contributed by atoms with Gasteiger partial charge in [0.2, 0.25) is 0 Å². The van der Waals surface area contributed by atoms with Crippen molar-refractivity contribution in [3.63, 3.8) is 0 Å². The van der Waals surface area contributed by atoms with Gasteiger partial charge < -0.3 is 15.9 Å². The van der Waals surface area contributed by atoms with Crippen molar-refractivity contribution in [3.8, 4) is 0 Å². The lowest BCUT2D eigenvalue weighted by molar-refractivity contribution is 0.0159. The van der Waals surface area contributed by atoms with Crippen LogP contribution in [0.15, 0.2) is 0 Å². The van der Waals surface area contributed by atoms with Crippen molar-refractivity contribution in [2.75, 3.05) is 0 Å². The second-order valence-corrected chi connectivity index (χ2v) is 7.05. The van der Waals surface area contributed by atoms with Crippen molar-refractivity contribution in [2.45, 2.75) is 116 Å². The molecule has 0 radical (unpaired) electrons. The van der Waals surface area contributed by atoms with E-state index in [2.05, 4.69) is 6.92 Å². The molecule has 0 aromatic heterocycles. The highest BCUT2D eigenvalue weighted by Crippen LogP contribution is 2.18. The van der Waals surface area contributed by atoms with Gasteiger partial charge in [-0.2, -0.15) is 0 Å². The Balaban J connectivity index is 0. The third-order valence-electron chi connectivity index (χ3n) is 4.75. The molecule has 0 bridgehead atoms. The second-order valence-electron chi connectivity index (χ2n) is 7.05. The largest absolute Gasteiger partial charge is 0.393 e. The summed E-state index contributed by atoms with van der Waals surface area (Å²) >= 11 is 0. The Morgan fingerprint density at radius 3 is 1.39 bits per heavy atom. The summed E-state index contributed by atoms with van der Waals surface area (Å²) < 4.78 is 0. The molecule has 0 amide bonds. The third-order valence-corrected chi connectivity index (χ3v) is 4.75. The van der Waals surface area contributed by atoms with Crippen molar-refractivity contribution in [1.29, 1.82) is 0 Å². The molecular formula is C19H42ClNO2. The number of hydrogen-bond acceptors (Lipinski definition) is 3. The standard InChI is InChI=1S/C19H41NO2.ClH/c1-4-5-6-7-8-9-10-11-12-13-14-15-18(20)19(16(2)21)17(3)22;/h16-19,21-22H,4-15,20H2,1-3H3;1H. The lowest BCUT2D eigenvalue weighted by Gasteiger charge is -2.28. The molecule has 0 aromatic rings. The van der Waals surface area contributed by atoms with Gasteiger partial charge in [-0.1, -0.05) is 77.6 Å². The lowest BCUT2D eigenvalue weighted by Crippen LogP contribution is -2.43. The van der Waals surface area contributed by atoms with E-state index in [9.17, 15) is 10.2 Å². The fourth-order valence-electron chi connectivity index (χ4n) is 3.36. The second kappa shape index (κ2) is 17.0. The van der Waals surface area contributed by atoms with E-state index in [1.165, 1.54) is 64.2 Å². The molecule has 0 heterocycles. The number of rotatable bonds is 15. The average Bonchev–Trinajstić information content (AvgIpc) is 2.44. The van der Waals surface area contributed by atoms with Crippen LogP contribution in [0.5, 0.6) is 0 Å².